The molecule has 0 radical (unpaired) electrons. The van der Waals surface area contributed by atoms with Gasteiger partial charge < -0.3 is 0 Å². The highest BCUT2D eigenvalue weighted by atomic mass is 32.2. The summed E-state index contributed by atoms with van der Waals surface area (Å²) in [6.07, 6.45) is -7.16. The molecule has 0 saturated carbocycles. The number of hydrogen-bond acceptors (Lipinski definition) is 18. The molecule has 36 heavy (non-hydrogen) atoms. The molecule has 0 N–H and O–H groups in total. The molecule has 24 heteroatoms. The Morgan fingerprint density at radius 2 is 0.611 bits per heavy atom. The van der Waals surface area contributed by atoms with E-state index in [4.69, 9.17) is 0 Å². The second kappa shape index (κ2) is 12.5. The van der Waals surface area contributed by atoms with Gasteiger partial charge in [0.1, 0.15) is 24.4 Å². The first-order valence-corrected chi connectivity index (χ1v) is 19.7. The first-order chi connectivity index (χ1) is 15.6. The molecule has 0 amide bonds. The average Bonchev–Trinajstić information content (AvgIpc) is 2.53. The van der Waals surface area contributed by atoms with Crippen LogP contribution in [0.25, 0.3) is 0 Å². The molecule has 0 aromatic heterocycles. The lowest BCUT2D eigenvalue weighted by Crippen LogP contribution is -2.54. The van der Waals surface area contributed by atoms with Gasteiger partial charge >= 0.3 is 0 Å². The van der Waals surface area contributed by atoms with Crippen LogP contribution in [-0.4, -0.2) is 126 Å². The maximum absolute atomic E-state index is 11.9. The van der Waals surface area contributed by atoms with Crippen LogP contribution in [0, 0.1) is 0 Å². The van der Waals surface area contributed by atoms with Crippen LogP contribution in [0.3, 0.4) is 0 Å². The maximum atomic E-state index is 11.9. The van der Waals surface area contributed by atoms with Crippen LogP contribution in [-0.2, 0) is 85.8 Å². The summed E-state index contributed by atoms with van der Waals surface area (Å²) in [5.74, 6) is 0. The first kappa shape index (κ1) is 35.5. The highest BCUT2D eigenvalue weighted by Gasteiger charge is 2.46. The zero-order chi connectivity index (χ0) is 29.0. The zero-order valence-corrected chi connectivity index (χ0v) is 24.4. The zero-order valence-electron chi connectivity index (χ0n) is 19.5. The quantitative estimate of drug-likeness (QED) is 0.137. The van der Waals surface area contributed by atoms with Crippen molar-refractivity contribution in [3.63, 3.8) is 0 Å². The molecule has 0 rings (SSSR count). The largest absolute Gasteiger partial charge is 0.267 e. The van der Waals surface area contributed by atoms with Gasteiger partial charge in [0.25, 0.3) is 60.7 Å². The van der Waals surface area contributed by atoms with E-state index < -0.39 is 98.3 Å². The van der Waals surface area contributed by atoms with Crippen molar-refractivity contribution in [3.8, 4) is 0 Å². The molecular weight excluding hydrogens is 625 g/mol. The van der Waals surface area contributed by atoms with Crippen molar-refractivity contribution in [2.75, 3.05) is 50.7 Å². The second-order valence-electron chi connectivity index (χ2n) is 7.18. The Hall–Kier alpha value is -0.540. The summed E-state index contributed by atoms with van der Waals surface area (Å²) in [5, 5.41) is 0. The summed E-state index contributed by atoms with van der Waals surface area (Å²) in [4.78, 5) is 0. The van der Waals surface area contributed by atoms with Gasteiger partial charge in [-0.3, -0.25) is 25.1 Å². The lowest BCUT2D eigenvalue weighted by molar-refractivity contribution is -0.0753. The van der Waals surface area contributed by atoms with Gasteiger partial charge in [-0.2, -0.15) is 50.5 Å². The minimum atomic E-state index is -4.72. The highest BCUT2D eigenvalue weighted by Crippen LogP contribution is 2.24. The van der Waals surface area contributed by atoms with E-state index in [1.807, 2.05) is 0 Å². The Kier molecular flexibility index (Phi) is 12.4. The smallest absolute Gasteiger partial charge is 0.264 e. The van der Waals surface area contributed by atoms with E-state index in [0.717, 1.165) is 0 Å². The average molecular weight is 651 g/mol. The van der Waals surface area contributed by atoms with Crippen molar-refractivity contribution < 1.29 is 75.6 Å². The number of rotatable bonds is 17. The Morgan fingerprint density at radius 3 is 0.778 bits per heavy atom. The van der Waals surface area contributed by atoms with E-state index >= 15 is 0 Å². The van der Waals surface area contributed by atoms with E-state index in [0.29, 0.717) is 37.5 Å². The van der Waals surface area contributed by atoms with Gasteiger partial charge in [-0.05, 0) is 0 Å². The monoisotopic (exact) mass is 650 g/mol. The minimum absolute atomic E-state index is 0.395. The Bertz CT molecular complexity index is 1280. The van der Waals surface area contributed by atoms with Crippen molar-refractivity contribution >= 4 is 60.7 Å². The molecule has 0 aliphatic rings. The van der Waals surface area contributed by atoms with Crippen LogP contribution in [0.2, 0.25) is 0 Å². The molecule has 0 aromatic carbocycles. The molecule has 0 unspecified atom stereocenters. The van der Waals surface area contributed by atoms with Gasteiger partial charge in [-0.25, -0.2) is 0 Å². The predicted octanol–water partition coefficient (Wildman–Crippen LogP) is -3.68. The minimum Gasteiger partial charge on any atom is -0.267 e. The third-order valence-corrected chi connectivity index (χ3v) is 6.58. The van der Waals surface area contributed by atoms with E-state index in [1.165, 1.54) is 0 Å². The Labute approximate surface area is 210 Å². The molecule has 218 valence electrons. The lowest BCUT2D eigenvalue weighted by Gasteiger charge is -2.34. The summed E-state index contributed by atoms with van der Waals surface area (Å²) < 4.78 is 168. The summed E-state index contributed by atoms with van der Waals surface area (Å²) in [6, 6.07) is 0. The van der Waals surface area contributed by atoms with Crippen LogP contribution in [0.4, 0.5) is 0 Å². The molecule has 0 aromatic rings. The molecule has 0 spiro atoms. The van der Waals surface area contributed by atoms with Crippen molar-refractivity contribution in [3.05, 3.63) is 0 Å². The fourth-order valence-electron chi connectivity index (χ4n) is 2.25. The molecule has 4 atom stereocenters. The summed E-state index contributed by atoms with van der Waals surface area (Å²) >= 11 is 0. The van der Waals surface area contributed by atoms with Gasteiger partial charge in [-0.15, -0.1) is 0 Å². The third kappa shape index (κ3) is 18.7. The molecule has 0 fully saturated rings. The van der Waals surface area contributed by atoms with E-state index in [-0.39, 0.29) is 0 Å². The predicted molar refractivity (Wildman–Crippen MR) is 120 cm³/mol. The van der Waals surface area contributed by atoms with Crippen molar-refractivity contribution in [2.24, 2.45) is 0 Å². The fourth-order valence-corrected chi connectivity index (χ4v) is 5.51. The number of hydrogen-bond donors (Lipinski definition) is 0. The molecule has 0 aliphatic carbocycles. The molecule has 0 bridgehead atoms. The SMILES string of the molecule is CS(=O)(=O)OC[C@H](OS(C)(=O)=O)[C@H](OS(C)(=O)=O)[C@@H](OS(C)(=O)=O)[C@H](COS(C)(=O)=O)OS(C)(=O)=O. The van der Waals surface area contributed by atoms with Gasteiger partial charge in [-0.1, -0.05) is 0 Å². The standard InChI is InChI=1S/C12H26O18S6/c1-31(13,14)25-7-9(27-33(3,17)18)11(29-35(5,21)22)12(30-36(6,23)24)10(28-34(4,19)20)8-26-32(2,15)16/h9-12H,7-8H2,1-6H3/t9-,10-,11-,12-/m0/s1. The van der Waals surface area contributed by atoms with E-state index in [1.54, 1.807) is 0 Å². The van der Waals surface area contributed by atoms with Gasteiger partial charge in [0.15, 0.2) is 0 Å². The maximum Gasteiger partial charge on any atom is 0.264 e. The molecule has 0 saturated heterocycles. The topological polar surface area (TPSA) is 260 Å². The normalized spacial score (nSPS) is 17.8. The van der Waals surface area contributed by atoms with Gasteiger partial charge in [0.05, 0.1) is 50.7 Å². The molecule has 18 nitrogen and oxygen atoms in total. The van der Waals surface area contributed by atoms with Crippen LogP contribution >= 0.6 is 0 Å². The van der Waals surface area contributed by atoms with E-state index in [9.17, 15) is 50.5 Å². The first-order valence-electron chi connectivity index (χ1n) is 8.79. The van der Waals surface area contributed by atoms with Crippen molar-refractivity contribution in [2.45, 2.75) is 24.4 Å². The second-order valence-corrected chi connectivity index (χ2v) is 16.9. The summed E-state index contributed by atoms with van der Waals surface area (Å²) in [6.45, 7) is -2.68. The van der Waals surface area contributed by atoms with E-state index in [2.05, 4.69) is 25.1 Å². The highest BCUT2D eigenvalue weighted by molar-refractivity contribution is 7.87. The molecular formula is C12H26O18S6. The van der Waals surface area contributed by atoms with Crippen LogP contribution in [0.1, 0.15) is 0 Å². The summed E-state index contributed by atoms with van der Waals surface area (Å²) in [5.41, 5.74) is 0. The fraction of sp³-hybridized carbons (Fsp3) is 1.00. The van der Waals surface area contributed by atoms with Gasteiger partial charge in [0.2, 0.25) is 0 Å². The summed E-state index contributed by atoms with van der Waals surface area (Å²) in [7, 11) is -27.4. The van der Waals surface area contributed by atoms with Crippen LogP contribution < -0.4 is 0 Å². The Balaban J connectivity index is 7.12. The lowest BCUT2D eigenvalue weighted by atomic mass is 10.0. The molecule has 0 heterocycles. The van der Waals surface area contributed by atoms with Crippen molar-refractivity contribution in [1.82, 2.24) is 0 Å². The van der Waals surface area contributed by atoms with Crippen LogP contribution in [0.15, 0.2) is 0 Å². The van der Waals surface area contributed by atoms with Crippen molar-refractivity contribution in [1.29, 1.82) is 0 Å². The Morgan fingerprint density at radius 1 is 0.389 bits per heavy atom. The third-order valence-electron chi connectivity index (χ3n) is 3.12. The van der Waals surface area contributed by atoms with Crippen LogP contribution in [0.5, 0.6) is 0 Å². The van der Waals surface area contributed by atoms with Gasteiger partial charge in [0, 0.05) is 0 Å². The molecule has 0 aliphatic heterocycles.